The first-order chi connectivity index (χ1) is 10.5. The lowest BCUT2D eigenvalue weighted by Crippen LogP contribution is -2.11. The Morgan fingerprint density at radius 2 is 1.95 bits per heavy atom. The maximum atomic E-state index is 13.5. The van der Waals surface area contributed by atoms with Gasteiger partial charge in [-0.2, -0.15) is 0 Å². The molecular formula is C14H8FN3O3S. The first kappa shape index (κ1) is 14.1. The fourth-order valence-corrected chi connectivity index (χ4v) is 2.75. The highest BCUT2D eigenvalue weighted by molar-refractivity contribution is 7.22. The Balaban J connectivity index is 1.83. The first-order valence-corrected chi connectivity index (χ1v) is 6.97. The lowest BCUT2D eigenvalue weighted by atomic mass is 10.2. The summed E-state index contributed by atoms with van der Waals surface area (Å²) >= 11 is 1.15. The number of amides is 1. The van der Waals surface area contributed by atoms with E-state index in [1.54, 1.807) is 12.1 Å². The van der Waals surface area contributed by atoms with Crippen LogP contribution in [0.5, 0.6) is 0 Å². The summed E-state index contributed by atoms with van der Waals surface area (Å²) in [5, 5.41) is 13.4. The third kappa shape index (κ3) is 2.63. The fourth-order valence-electron chi connectivity index (χ4n) is 1.87. The first-order valence-electron chi connectivity index (χ1n) is 6.15. The van der Waals surface area contributed by atoms with Gasteiger partial charge in [0.15, 0.2) is 5.13 Å². The van der Waals surface area contributed by atoms with Crippen LogP contribution in [0.1, 0.15) is 10.4 Å². The van der Waals surface area contributed by atoms with Gasteiger partial charge in [0.25, 0.3) is 11.6 Å². The van der Waals surface area contributed by atoms with Crippen molar-refractivity contribution < 1.29 is 14.1 Å². The van der Waals surface area contributed by atoms with E-state index in [0.29, 0.717) is 4.70 Å². The molecule has 0 unspecified atom stereocenters. The van der Waals surface area contributed by atoms with Gasteiger partial charge in [0.2, 0.25) is 0 Å². The summed E-state index contributed by atoms with van der Waals surface area (Å²) in [6.45, 7) is 0. The monoisotopic (exact) mass is 317 g/mol. The van der Waals surface area contributed by atoms with Crippen molar-refractivity contribution in [1.29, 1.82) is 0 Å². The molecule has 0 saturated carbocycles. The van der Waals surface area contributed by atoms with E-state index in [2.05, 4.69) is 10.3 Å². The summed E-state index contributed by atoms with van der Waals surface area (Å²) in [6, 6.07) is 9.75. The zero-order valence-corrected chi connectivity index (χ0v) is 11.8. The van der Waals surface area contributed by atoms with Crippen LogP contribution >= 0.6 is 11.3 Å². The minimum Gasteiger partial charge on any atom is -0.298 e. The molecule has 1 heterocycles. The average molecular weight is 317 g/mol. The minimum absolute atomic E-state index is 0.0985. The number of anilines is 1. The number of halogens is 1. The molecule has 0 bridgehead atoms. The number of fused-ring (bicyclic) bond motifs is 1. The number of aromatic nitrogens is 1. The highest BCUT2D eigenvalue weighted by Crippen LogP contribution is 2.27. The van der Waals surface area contributed by atoms with Crippen molar-refractivity contribution >= 4 is 38.3 Å². The molecular weight excluding hydrogens is 309 g/mol. The number of hydrogen-bond acceptors (Lipinski definition) is 5. The number of nitro benzene ring substituents is 1. The van der Waals surface area contributed by atoms with Crippen molar-refractivity contribution in [3.63, 3.8) is 0 Å². The molecule has 1 N–H and O–H groups in total. The van der Waals surface area contributed by atoms with Crippen LogP contribution in [0.25, 0.3) is 10.2 Å². The van der Waals surface area contributed by atoms with E-state index >= 15 is 0 Å². The highest BCUT2D eigenvalue weighted by Gasteiger charge is 2.13. The number of rotatable bonds is 3. The van der Waals surface area contributed by atoms with E-state index in [0.717, 1.165) is 11.3 Å². The molecule has 6 nitrogen and oxygen atoms in total. The van der Waals surface area contributed by atoms with Gasteiger partial charge in [-0.25, -0.2) is 9.37 Å². The Hall–Kier alpha value is -2.87. The smallest absolute Gasteiger partial charge is 0.269 e. The molecule has 0 aliphatic rings. The number of carbonyl (C=O) groups is 1. The van der Waals surface area contributed by atoms with E-state index in [4.69, 9.17) is 0 Å². The molecule has 0 aliphatic heterocycles. The number of benzene rings is 2. The Morgan fingerprint density at radius 3 is 2.59 bits per heavy atom. The quantitative estimate of drug-likeness (QED) is 0.591. The largest absolute Gasteiger partial charge is 0.298 e. The number of carbonyl (C=O) groups excluding carboxylic acids is 1. The summed E-state index contributed by atoms with van der Waals surface area (Å²) in [5.41, 5.74) is 0.357. The summed E-state index contributed by atoms with van der Waals surface area (Å²) < 4.78 is 14.2. The molecule has 22 heavy (non-hydrogen) atoms. The second kappa shape index (κ2) is 5.49. The van der Waals surface area contributed by atoms with Crippen LogP contribution < -0.4 is 5.32 Å². The van der Waals surface area contributed by atoms with Crippen LogP contribution in [0.15, 0.2) is 42.5 Å². The second-order valence-electron chi connectivity index (χ2n) is 4.36. The number of nitrogens with zero attached hydrogens (tertiary/aromatic N) is 2. The third-order valence-electron chi connectivity index (χ3n) is 2.93. The zero-order valence-electron chi connectivity index (χ0n) is 10.9. The van der Waals surface area contributed by atoms with E-state index in [1.165, 1.54) is 30.3 Å². The number of para-hydroxylation sites is 1. The molecule has 1 amide bonds. The van der Waals surface area contributed by atoms with Gasteiger partial charge in [-0.05, 0) is 24.3 Å². The third-order valence-corrected chi connectivity index (χ3v) is 3.87. The van der Waals surface area contributed by atoms with Gasteiger partial charge in [0.05, 0.1) is 9.62 Å². The number of nitro groups is 1. The molecule has 3 rings (SSSR count). The van der Waals surface area contributed by atoms with Gasteiger partial charge in [-0.15, -0.1) is 0 Å². The zero-order chi connectivity index (χ0) is 15.7. The van der Waals surface area contributed by atoms with Crippen LogP contribution in [0.4, 0.5) is 15.2 Å². The van der Waals surface area contributed by atoms with E-state index < -0.39 is 16.6 Å². The van der Waals surface area contributed by atoms with Gasteiger partial charge < -0.3 is 0 Å². The van der Waals surface area contributed by atoms with E-state index in [-0.39, 0.29) is 21.9 Å². The maximum Gasteiger partial charge on any atom is 0.269 e. The SMILES string of the molecule is O=C(Nc1nc2c(F)cccc2s1)c1ccc([N+](=O)[O-])cc1. The van der Waals surface area contributed by atoms with Gasteiger partial charge >= 0.3 is 0 Å². The van der Waals surface area contributed by atoms with Gasteiger partial charge in [0.1, 0.15) is 11.3 Å². The summed E-state index contributed by atoms with van der Waals surface area (Å²) in [7, 11) is 0. The highest BCUT2D eigenvalue weighted by atomic mass is 32.1. The molecule has 3 aromatic rings. The van der Waals surface area contributed by atoms with Crippen molar-refractivity contribution in [2.75, 3.05) is 5.32 Å². The molecule has 1 aromatic heterocycles. The molecule has 0 fully saturated rings. The molecule has 0 spiro atoms. The predicted molar refractivity (Wildman–Crippen MR) is 80.6 cm³/mol. The Bertz CT molecular complexity index is 877. The van der Waals surface area contributed by atoms with Crippen LogP contribution in [0, 0.1) is 15.9 Å². The molecule has 110 valence electrons. The Kier molecular flexibility index (Phi) is 3.51. The number of non-ortho nitro benzene ring substituents is 1. The van der Waals surface area contributed by atoms with Crippen molar-refractivity contribution in [3.05, 3.63) is 64.0 Å². The normalized spacial score (nSPS) is 10.6. The van der Waals surface area contributed by atoms with Crippen molar-refractivity contribution in [1.82, 2.24) is 4.98 Å². The van der Waals surface area contributed by atoms with E-state index in [9.17, 15) is 19.3 Å². The van der Waals surface area contributed by atoms with Gasteiger partial charge in [-0.1, -0.05) is 17.4 Å². The van der Waals surface area contributed by atoms with Gasteiger partial charge in [-0.3, -0.25) is 20.2 Å². The van der Waals surface area contributed by atoms with Crippen molar-refractivity contribution in [2.24, 2.45) is 0 Å². The summed E-state index contributed by atoms with van der Waals surface area (Å²) in [4.78, 5) is 26.1. The Labute approximate surface area is 127 Å². The standard InChI is InChI=1S/C14H8FN3O3S/c15-10-2-1-3-11-12(10)16-14(22-11)17-13(19)8-4-6-9(7-5-8)18(20)21/h1-7H,(H,16,17,19). The average Bonchev–Trinajstić information content (AvgIpc) is 2.91. The molecule has 8 heteroatoms. The van der Waals surface area contributed by atoms with Crippen LogP contribution in [0.2, 0.25) is 0 Å². The molecule has 0 saturated heterocycles. The topological polar surface area (TPSA) is 85.1 Å². The number of hydrogen-bond donors (Lipinski definition) is 1. The lowest BCUT2D eigenvalue weighted by Gasteiger charge is -2.00. The predicted octanol–water partition coefficient (Wildman–Crippen LogP) is 3.60. The van der Waals surface area contributed by atoms with Crippen molar-refractivity contribution in [3.8, 4) is 0 Å². The van der Waals surface area contributed by atoms with Crippen LogP contribution in [-0.4, -0.2) is 15.8 Å². The van der Waals surface area contributed by atoms with Crippen LogP contribution in [0.3, 0.4) is 0 Å². The number of nitrogens with one attached hydrogen (secondary N) is 1. The molecule has 0 aliphatic carbocycles. The molecule has 0 atom stereocenters. The molecule has 0 radical (unpaired) electrons. The minimum atomic E-state index is -0.544. The summed E-state index contributed by atoms with van der Waals surface area (Å²) in [6.07, 6.45) is 0. The Morgan fingerprint density at radius 1 is 1.23 bits per heavy atom. The van der Waals surface area contributed by atoms with Crippen molar-refractivity contribution in [2.45, 2.75) is 0 Å². The summed E-state index contributed by atoms with van der Waals surface area (Å²) in [5.74, 6) is -0.918. The lowest BCUT2D eigenvalue weighted by molar-refractivity contribution is -0.384. The second-order valence-corrected chi connectivity index (χ2v) is 5.39. The number of thiazole rings is 1. The molecule has 2 aromatic carbocycles. The van der Waals surface area contributed by atoms with Gasteiger partial charge in [0, 0.05) is 17.7 Å². The fraction of sp³-hybridized carbons (Fsp3) is 0. The van der Waals surface area contributed by atoms with E-state index in [1.807, 2.05) is 0 Å². The van der Waals surface area contributed by atoms with Crippen LogP contribution in [-0.2, 0) is 0 Å². The maximum absolute atomic E-state index is 13.5.